The number of rotatable bonds is 7. The van der Waals surface area contributed by atoms with E-state index in [0.717, 1.165) is 18.2 Å². The average Bonchev–Trinajstić information content (AvgIpc) is 2.55. The van der Waals surface area contributed by atoms with E-state index in [2.05, 4.69) is 10.1 Å². The van der Waals surface area contributed by atoms with Gasteiger partial charge in [0.15, 0.2) is 6.61 Å². The smallest absolute Gasteiger partial charge is 0.343 e. The zero-order valence-corrected chi connectivity index (χ0v) is 12.8. The molecule has 116 valence electrons. The minimum absolute atomic E-state index is 0.0506. The maximum atomic E-state index is 11.0. The lowest BCUT2D eigenvalue weighted by Crippen LogP contribution is -2.13. The van der Waals surface area contributed by atoms with E-state index in [0.29, 0.717) is 5.75 Å². The molecule has 0 bridgehead atoms. The van der Waals surface area contributed by atoms with Gasteiger partial charge in [0.2, 0.25) is 0 Å². The van der Waals surface area contributed by atoms with Gasteiger partial charge in [-0.2, -0.15) is 0 Å². The Morgan fingerprint density at radius 2 is 1.90 bits per heavy atom. The molecule has 0 saturated heterocycles. The second-order valence-corrected chi connectivity index (χ2v) is 5.61. The fourth-order valence-corrected chi connectivity index (χ4v) is 2.77. The van der Waals surface area contributed by atoms with Gasteiger partial charge in [-0.1, -0.05) is 32.1 Å². The molecule has 0 unspecified atom stereocenters. The number of benzene rings is 1. The molecule has 1 aromatic carbocycles. The molecule has 0 radical (unpaired) electrons. The summed E-state index contributed by atoms with van der Waals surface area (Å²) in [6, 6.07) is 7.69. The van der Waals surface area contributed by atoms with Crippen molar-refractivity contribution >= 4 is 11.7 Å². The van der Waals surface area contributed by atoms with Crippen LogP contribution < -0.4 is 10.1 Å². The predicted octanol–water partition coefficient (Wildman–Crippen LogP) is 3.62. The monoisotopic (exact) mass is 291 g/mol. The van der Waals surface area contributed by atoms with E-state index >= 15 is 0 Å². The molecule has 0 aliphatic heterocycles. The van der Waals surface area contributed by atoms with Gasteiger partial charge >= 0.3 is 5.97 Å². The Kier molecular flexibility index (Phi) is 6.38. The van der Waals surface area contributed by atoms with Crippen molar-refractivity contribution < 1.29 is 14.3 Å². The molecule has 1 N–H and O–H groups in total. The Morgan fingerprint density at radius 3 is 2.57 bits per heavy atom. The molecule has 2 rings (SSSR count). The van der Waals surface area contributed by atoms with Crippen LogP contribution in [-0.4, -0.2) is 26.2 Å². The maximum absolute atomic E-state index is 11.0. The fraction of sp³-hybridized carbons (Fsp3) is 0.588. The summed E-state index contributed by atoms with van der Waals surface area (Å²) in [5.74, 6) is 1.21. The third-order valence-electron chi connectivity index (χ3n) is 4.05. The van der Waals surface area contributed by atoms with Crippen LogP contribution in [0.5, 0.6) is 5.75 Å². The van der Waals surface area contributed by atoms with Gasteiger partial charge in [0.25, 0.3) is 0 Å². The first kappa shape index (κ1) is 15.7. The molecule has 1 fully saturated rings. The second kappa shape index (κ2) is 8.55. The van der Waals surface area contributed by atoms with Crippen LogP contribution in [0.15, 0.2) is 24.3 Å². The molecule has 21 heavy (non-hydrogen) atoms. The molecule has 4 nitrogen and oxygen atoms in total. The van der Waals surface area contributed by atoms with Gasteiger partial charge in [-0.3, -0.25) is 0 Å². The summed E-state index contributed by atoms with van der Waals surface area (Å²) in [4.78, 5) is 11.0. The van der Waals surface area contributed by atoms with Gasteiger partial charge in [-0.15, -0.1) is 0 Å². The van der Waals surface area contributed by atoms with E-state index < -0.39 is 0 Å². The number of carbonyl (C=O) groups excluding carboxylic acids is 1. The summed E-state index contributed by atoms with van der Waals surface area (Å²) < 4.78 is 9.84. The summed E-state index contributed by atoms with van der Waals surface area (Å²) >= 11 is 0. The van der Waals surface area contributed by atoms with E-state index in [4.69, 9.17) is 4.74 Å². The first-order chi connectivity index (χ1) is 10.3. The Hall–Kier alpha value is -1.71. The van der Waals surface area contributed by atoms with Crippen LogP contribution in [0.1, 0.15) is 38.5 Å². The molecule has 1 aliphatic carbocycles. The number of hydrogen-bond acceptors (Lipinski definition) is 4. The summed E-state index contributed by atoms with van der Waals surface area (Å²) in [7, 11) is 1.35. The third-order valence-corrected chi connectivity index (χ3v) is 4.05. The zero-order chi connectivity index (χ0) is 14.9. The molecular weight excluding hydrogens is 266 g/mol. The van der Waals surface area contributed by atoms with Crippen molar-refractivity contribution in [2.75, 3.05) is 25.6 Å². The second-order valence-electron chi connectivity index (χ2n) is 5.61. The van der Waals surface area contributed by atoms with Crippen LogP contribution in [0.4, 0.5) is 5.69 Å². The standard InChI is InChI=1S/C17H25NO3/c1-20-17(19)13-21-16-9-7-15(8-10-16)18-12-11-14-5-3-2-4-6-14/h7-10,14,18H,2-6,11-13H2,1H3. The molecule has 0 atom stereocenters. The highest BCUT2D eigenvalue weighted by atomic mass is 16.6. The molecule has 1 saturated carbocycles. The highest BCUT2D eigenvalue weighted by Crippen LogP contribution is 2.26. The van der Waals surface area contributed by atoms with Gasteiger partial charge in [-0.05, 0) is 36.6 Å². The lowest BCUT2D eigenvalue weighted by molar-refractivity contribution is -0.142. The van der Waals surface area contributed by atoms with Crippen molar-refractivity contribution in [1.82, 2.24) is 0 Å². The first-order valence-electron chi connectivity index (χ1n) is 7.81. The first-order valence-corrected chi connectivity index (χ1v) is 7.81. The van der Waals surface area contributed by atoms with E-state index in [-0.39, 0.29) is 12.6 Å². The lowest BCUT2D eigenvalue weighted by Gasteiger charge is -2.21. The Bertz CT molecular complexity index is 424. The number of nitrogens with one attached hydrogen (secondary N) is 1. The van der Waals surface area contributed by atoms with Crippen molar-refractivity contribution in [3.63, 3.8) is 0 Å². The predicted molar refractivity (Wildman–Crippen MR) is 83.6 cm³/mol. The Morgan fingerprint density at radius 1 is 1.19 bits per heavy atom. The topological polar surface area (TPSA) is 47.6 Å². The summed E-state index contributed by atoms with van der Waals surface area (Å²) in [5, 5.41) is 3.45. The quantitative estimate of drug-likeness (QED) is 0.779. The van der Waals surface area contributed by atoms with Crippen molar-refractivity contribution in [3.05, 3.63) is 24.3 Å². The molecule has 1 aromatic rings. The van der Waals surface area contributed by atoms with Crippen LogP contribution >= 0.6 is 0 Å². The highest BCUT2D eigenvalue weighted by Gasteiger charge is 2.12. The number of methoxy groups -OCH3 is 1. The van der Waals surface area contributed by atoms with Crippen LogP contribution in [0, 0.1) is 5.92 Å². The van der Waals surface area contributed by atoms with E-state index in [9.17, 15) is 4.79 Å². The van der Waals surface area contributed by atoms with Gasteiger partial charge in [0.1, 0.15) is 5.75 Å². The zero-order valence-electron chi connectivity index (χ0n) is 12.8. The molecule has 4 heteroatoms. The fourth-order valence-electron chi connectivity index (χ4n) is 2.77. The van der Waals surface area contributed by atoms with E-state index in [1.54, 1.807) is 0 Å². The van der Waals surface area contributed by atoms with E-state index in [1.165, 1.54) is 45.6 Å². The molecule has 0 heterocycles. The number of ether oxygens (including phenoxy) is 2. The molecule has 0 amide bonds. The van der Waals surface area contributed by atoms with Crippen LogP contribution in [0.3, 0.4) is 0 Å². The van der Waals surface area contributed by atoms with Crippen LogP contribution in [0.2, 0.25) is 0 Å². The summed E-state index contributed by atoms with van der Waals surface area (Å²) in [6.07, 6.45) is 8.25. The van der Waals surface area contributed by atoms with Gasteiger partial charge in [0, 0.05) is 12.2 Å². The number of hydrogen-bond donors (Lipinski definition) is 1. The largest absolute Gasteiger partial charge is 0.482 e. The summed E-state index contributed by atoms with van der Waals surface area (Å²) in [5.41, 5.74) is 1.09. The maximum Gasteiger partial charge on any atom is 0.343 e. The SMILES string of the molecule is COC(=O)COc1ccc(NCCC2CCCCC2)cc1. The van der Waals surface area contributed by atoms with Gasteiger partial charge in [-0.25, -0.2) is 4.79 Å². The lowest BCUT2D eigenvalue weighted by atomic mass is 9.87. The number of esters is 1. The minimum Gasteiger partial charge on any atom is -0.482 e. The number of anilines is 1. The molecule has 0 spiro atoms. The summed E-state index contributed by atoms with van der Waals surface area (Å²) in [6.45, 7) is 0.970. The highest BCUT2D eigenvalue weighted by molar-refractivity contribution is 5.70. The van der Waals surface area contributed by atoms with Crippen molar-refractivity contribution in [2.45, 2.75) is 38.5 Å². The van der Waals surface area contributed by atoms with Crippen LogP contribution in [0.25, 0.3) is 0 Å². The Labute approximate surface area is 126 Å². The molecule has 1 aliphatic rings. The van der Waals surface area contributed by atoms with Gasteiger partial charge in [0.05, 0.1) is 7.11 Å². The van der Waals surface area contributed by atoms with Crippen molar-refractivity contribution in [3.8, 4) is 5.75 Å². The van der Waals surface area contributed by atoms with Crippen molar-refractivity contribution in [1.29, 1.82) is 0 Å². The third kappa shape index (κ3) is 5.66. The van der Waals surface area contributed by atoms with Gasteiger partial charge < -0.3 is 14.8 Å². The van der Waals surface area contributed by atoms with Crippen molar-refractivity contribution in [2.24, 2.45) is 5.92 Å². The van der Waals surface area contributed by atoms with E-state index in [1.807, 2.05) is 24.3 Å². The van der Waals surface area contributed by atoms with Crippen LogP contribution in [-0.2, 0) is 9.53 Å². The molecular formula is C17H25NO3. The Balaban J connectivity index is 1.68. The average molecular weight is 291 g/mol. The minimum atomic E-state index is -0.371. The number of carbonyl (C=O) groups is 1. The molecule has 0 aromatic heterocycles. The normalized spacial score (nSPS) is 15.5.